The number of hydrogen-bond acceptors (Lipinski definition) is 7. The first kappa shape index (κ1) is 24.3. The van der Waals surface area contributed by atoms with Crippen molar-refractivity contribution in [2.24, 2.45) is 5.92 Å². The Morgan fingerprint density at radius 1 is 1.27 bits per heavy atom. The first-order valence-corrected chi connectivity index (χ1v) is 11.1. The summed E-state index contributed by atoms with van der Waals surface area (Å²) in [6, 6.07) is 5.28. The van der Waals surface area contributed by atoms with Gasteiger partial charge in [-0.25, -0.2) is 9.78 Å². The first-order chi connectivity index (χ1) is 15.7. The molecule has 3 heterocycles. The fraction of sp³-hybridized carbons (Fsp3) is 0.458. The second-order valence-electron chi connectivity index (χ2n) is 8.88. The van der Waals surface area contributed by atoms with Crippen molar-refractivity contribution in [3.8, 4) is 0 Å². The van der Waals surface area contributed by atoms with Gasteiger partial charge in [0.15, 0.2) is 11.5 Å². The van der Waals surface area contributed by atoms with E-state index in [1.807, 2.05) is 24.7 Å². The SMILES string of the molecule is COC(=O)c1c(NC(=O)c2ccco2)c2cc(N[C@H](C)CN(C)C)cnc2n1CCC(C)C. The number of fused-ring (bicyclic) bond motifs is 1. The van der Waals surface area contributed by atoms with Crippen molar-refractivity contribution in [1.82, 2.24) is 14.5 Å². The third-order valence-corrected chi connectivity index (χ3v) is 5.24. The molecule has 0 aliphatic carbocycles. The van der Waals surface area contributed by atoms with Gasteiger partial charge in [-0.3, -0.25) is 4.79 Å². The molecule has 178 valence electrons. The average Bonchev–Trinajstić information content (AvgIpc) is 3.38. The van der Waals surface area contributed by atoms with Crippen LogP contribution in [0.3, 0.4) is 0 Å². The molecule has 0 radical (unpaired) electrons. The number of likely N-dealkylation sites (N-methyl/N-ethyl adjacent to an activating group) is 1. The molecule has 1 amide bonds. The number of anilines is 2. The van der Waals surface area contributed by atoms with Crippen molar-refractivity contribution in [2.45, 2.75) is 39.8 Å². The van der Waals surface area contributed by atoms with Crippen molar-refractivity contribution in [3.63, 3.8) is 0 Å². The maximum Gasteiger partial charge on any atom is 0.356 e. The normalized spacial score (nSPS) is 12.4. The highest BCUT2D eigenvalue weighted by Crippen LogP contribution is 2.33. The van der Waals surface area contributed by atoms with Gasteiger partial charge >= 0.3 is 5.97 Å². The lowest BCUT2D eigenvalue weighted by Gasteiger charge is -2.19. The zero-order valence-electron chi connectivity index (χ0n) is 20.1. The average molecular weight is 456 g/mol. The molecule has 0 saturated carbocycles. The van der Waals surface area contributed by atoms with E-state index in [1.165, 1.54) is 13.4 Å². The highest BCUT2D eigenvalue weighted by molar-refractivity contribution is 6.14. The second kappa shape index (κ2) is 10.5. The van der Waals surface area contributed by atoms with Crippen molar-refractivity contribution < 1.29 is 18.7 Å². The number of esters is 1. The predicted octanol–water partition coefficient (Wildman–Crippen LogP) is 4.08. The standard InChI is InChI=1S/C24H33N5O4/c1-15(2)9-10-29-21(24(31)32-6)20(27-23(30)19-8-7-11-33-19)18-12-17(13-25-22(18)29)26-16(3)14-28(4)5/h7-8,11-13,15-16,26H,9-10,14H2,1-6H3,(H,27,30)/t16-/m1/s1. The lowest BCUT2D eigenvalue weighted by molar-refractivity contribution is 0.0589. The van der Waals surface area contributed by atoms with Gasteiger partial charge in [0.25, 0.3) is 5.91 Å². The minimum atomic E-state index is -0.540. The Hall–Kier alpha value is -3.33. The Bertz CT molecular complexity index is 1100. The van der Waals surface area contributed by atoms with E-state index < -0.39 is 11.9 Å². The van der Waals surface area contributed by atoms with Gasteiger partial charge in [0, 0.05) is 24.5 Å². The molecular weight excluding hydrogens is 422 g/mol. The summed E-state index contributed by atoms with van der Waals surface area (Å²) in [4.78, 5) is 32.4. The molecule has 0 bridgehead atoms. The van der Waals surface area contributed by atoms with Gasteiger partial charge in [-0.2, -0.15) is 0 Å². The quantitative estimate of drug-likeness (QED) is 0.444. The number of nitrogens with one attached hydrogen (secondary N) is 2. The smallest absolute Gasteiger partial charge is 0.356 e. The van der Waals surface area contributed by atoms with Crippen LogP contribution in [0.1, 0.15) is 48.2 Å². The van der Waals surface area contributed by atoms with Crippen LogP contribution in [0.2, 0.25) is 0 Å². The lowest BCUT2D eigenvalue weighted by atomic mass is 10.1. The first-order valence-electron chi connectivity index (χ1n) is 11.1. The van der Waals surface area contributed by atoms with Crippen LogP contribution < -0.4 is 10.6 Å². The molecule has 1 atom stereocenters. The van der Waals surface area contributed by atoms with Gasteiger partial charge in [-0.15, -0.1) is 0 Å². The number of hydrogen-bond donors (Lipinski definition) is 2. The van der Waals surface area contributed by atoms with E-state index in [2.05, 4.69) is 41.3 Å². The van der Waals surface area contributed by atoms with Gasteiger partial charge in [0.05, 0.1) is 30.9 Å². The number of aromatic nitrogens is 2. The molecular formula is C24H33N5O4. The molecule has 2 N–H and O–H groups in total. The third-order valence-electron chi connectivity index (χ3n) is 5.24. The van der Waals surface area contributed by atoms with Crippen LogP contribution in [0, 0.1) is 5.92 Å². The van der Waals surface area contributed by atoms with E-state index in [0.717, 1.165) is 18.7 Å². The van der Waals surface area contributed by atoms with Gasteiger partial charge in [0.1, 0.15) is 5.65 Å². The molecule has 0 unspecified atom stereocenters. The number of nitrogens with zero attached hydrogens (tertiary/aromatic N) is 3. The number of methoxy groups -OCH3 is 1. The number of amides is 1. The van der Waals surface area contributed by atoms with Crippen molar-refractivity contribution in [3.05, 3.63) is 42.1 Å². The highest BCUT2D eigenvalue weighted by atomic mass is 16.5. The summed E-state index contributed by atoms with van der Waals surface area (Å²) in [5.41, 5.74) is 2.02. The molecule has 9 nitrogen and oxygen atoms in total. The molecule has 33 heavy (non-hydrogen) atoms. The highest BCUT2D eigenvalue weighted by Gasteiger charge is 2.27. The molecule has 0 fully saturated rings. The summed E-state index contributed by atoms with van der Waals surface area (Å²) in [5, 5.41) is 6.95. The number of pyridine rings is 1. The van der Waals surface area contributed by atoms with Crippen molar-refractivity contribution in [2.75, 3.05) is 38.4 Å². The topological polar surface area (TPSA) is 102 Å². The molecule has 3 rings (SSSR count). The van der Waals surface area contributed by atoms with Crippen LogP contribution in [-0.2, 0) is 11.3 Å². The van der Waals surface area contributed by atoms with Gasteiger partial charge in [-0.1, -0.05) is 13.8 Å². The zero-order valence-corrected chi connectivity index (χ0v) is 20.1. The maximum atomic E-state index is 12.9. The molecule has 0 saturated heterocycles. The predicted molar refractivity (Wildman–Crippen MR) is 129 cm³/mol. The number of aryl methyl sites for hydroxylation is 1. The van der Waals surface area contributed by atoms with E-state index in [-0.39, 0.29) is 17.5 Å². The third kappa shape index (κ3) is 5.73. The van der Waals surface area contributed by atoms with Crippen molar-refractivity contribution >= 4 is 34.3 Å². The van der Waals surface area contributed by atoms with Gasteiger partial charge < -0.3 is 29.3 Å². The lowest BCUT2D eigenvalue weighted by Crippen LogP contribution is -2.29. The molecule has 9 heteroatoms. The number of carbonyl (C=O) groups is 2. The zero-order chi connectivity index (χ0) is 24.1. The minimum Gasteiger partial charge on any atom is -0.464 e. The van der Waals surface area contributed by atoms with Gasteiger partial charge in [-0.05, 0) is 51.6 Å². The summed E-state index contributed by atoms with van der Waals surface area (Å²) in [7, 11) is 5.35. The molecule has 3 aromatic heterocycles. The maximum absolute atomic E-state index is 12.9. The summed E-state index contributed by atoms with van der Waals surface area (Å²) in [6.07, 6.45) is 4.01. The van der Waals surface area contributed by atoms with Crippen LogP contribution >= 0.6 is 0 Å². The summed E-state index contributed by atoms with van der Waals surface area (Å²) >= 11 is 0. The van der Waals surface area contributed by atoms with Crippen LogP contribution in [-0.4, -0.2) is 60.1 Å². The summed E-state index contributed by atoms with van der Waals surface area (Å²) < 4.78 is 12.1. The van der Waals surface area contributed by atoms with E-state index in [1.54, 1.807) is 18.3 Å². The minimum absolute atomic E-state index is 0.149. The Labute approximate surface area is 194 Å². The van der Waals surface area contributed by atoms with Gasteiger partial charge in [0.2, 0.25) is 0 Å². The van der Waals surface area contributed by atoms with Crippen LogP contribution in [0.25, 0.3) is 11.0 Å². The molecule has 0 aliphatic heterocycles. The van der Waals surface area contributed by atoms with E-state index in [0.29, 0.717) is 29.2 Å². The van der Waals surface area contributed by atoms with Crippen LogP contribution in [0.4, 0.5) is 11.4 Å². The number of carbonyl (C=O) groups excluding carboxylic acids is 2. The monoisotopic (exact) mass is 455 g/mol. The summed E-state index contributed by atoms with van der Waals surface area (Å²) in [6.45, 7) is 7.71. The molecule has 0 aliphatic rings. The number of furan rings is 1. The number of rotatable bonds is 10. The van der Waals surface area contributed by atoms with Crippen LogP contribution in [0.15, 0.2) is 35.1 Å². The summed E-state index contributed by atoms with van der Waals surface area (Å²) in [5.74, 6) is -0.424. The Kier molecular flexibility index (Phi) is 7.75. The van der Waals surface area contributed by atoms with E-state index in [4.69, 9.17) is 9.15 Å². The van der Waals surface area contributed by atoms with E-state index in [9.17, 15) is 9.59 Å². The Morgan fingerprint density at radius 3 is 2.64 bits per heavy atom. The van der Waals surface area contributed by atoms with Crippen molar-refractivity contribution in [1.29, 1.82) is 0 Å². The molecule has 3 aromatic rings. The Balaban J connectivity index is 2.12. The molecule has 0 spiro atoms. The fourth-order valence-corrected chi connectivity index (χ4v) is 3.81. The molecule has 0 aromatic carbocycles. The number of ether oxygens (including phenoxy) is 1. The van der Waals surface area contributed by atoms with Crippen LogP contribution in [0.5, 0.6) is 0 Å². The fourth-order valence-electron chi connectivity index (χ4n) is 3.81. The Morgan fingerprint density at radius 2 is 2.03 bits per heavy atom. The largest absolute Gasteiger partial charge is 0.464 e. The van der Waals surface area contributed by atoms with E-state index >= 15 is 0 Å². The second-order valence-corrected chi connectivity index (χ2v) is 8.88.